The van der Waals surface area contributed by atoms with Crippen molar-refractivity contribution in [1.29, 1.82) is 0 Å². The zero-order valence-corrected chi connectivity index (χ0v) is 21.2. The molecule has 0 aliphatic rings. The molecule has 178 valence electrons. The van der Waals surface area contributed by atoms with E-state index < -0.39 is 5.91 Å². The molecule has 0 fully saturated rings. The summed E-state index contributed by atoms with van der Waals surface area (Å²) >= 11 is 9.39. The molecule has 0 saturated heterocycles. The van der Waals surface area contributed by atoms with E-state index in [9.17, 15) is 4.79 Å². The number of halogens is 2. The minimum absolute atomic E-state index is 0.174. The molecule has 4 aromatic rings. The van der Waals surface area contributed by atoms with Gasteiger partial charge in [0.1, 0.15) is 12.4 Å². The van der Waals surface area contributed by atoms with E-state index in [1.165, 1.54) is 6.21 Å². The molecule has 4 rings (SSSR count). The van der Waals surface area contributed by atoms with Crippen LogP contribution in [0.5, 0.6) is 17.2 Å². The highest BCUT2D eigenvalue weighted by Gasteiger charge is 2.12. The largest absolute Gasteiger partial charge is 0.493 e. The Kier molecular flexibility index (Phi) is 8.23. The number of carbonyl (C=O) groups excluding carboxylic acids is 1. The highest BCUT2D eigenvalue weighted by atomic mass is 79.9. The highest BCUT2D eigenvalue weighted by Crippen LogP contribution is 2.37. The fourth-order valence-electron chi connectivity index (χ4n) is 3.41. The van der Waals surface area contributed by atoms with Crippen LogP contribution in [-0.4, -0.2) is 25.8 Å². The van der Waals surface area contributed by atoms with Crippen LogP contribution in [0.15, 0.2) is 88.4 Å². The number of methoxy groups -OCH3 is 1. The summed E-state index contributed by atoms with van der Waals surface area (Å²) in [6, 6.07) is 24.7. The van der Waals surface area contributed by atoms with Crippen LogP contribution < -0.4 is 19.6 Å². The number of hydrogen-bond acceptors (Lipinski definition) is 5. The summed E-state index contributed by atoms with van der Waals surface area (Å²) in [4.78, 5) is 12.0. The lowest BCUT2D eigenvalue weighted by Gasteiger charge is -2.14. The lowest BCUT2D eigenvalue weighted by atomic mass is 10.1. The number of nitrogens with zero attached hydrogens (tertiary/aromatic N) is 1. The zero-order chi connectivity index (χ0) is 24.6. The summed E-state index contributed by atoms with van der Waals surface area (Å²) in [5.74, 6) is 1.27. The Morgan fingerprint density at radius 2 is 1.80 bits per heavy atom. The van der Waals surface area contributed by atoms with Crippen molar-refractivity contribution in [2.75, 3.05) is 13.7 Å². The van der Waals surface area contributed by atoms with Gasteiger partial charge in [0, 0.05) is 5.02 Å². The smallest absolute Gasteiger partial charge is 0.277 e. The molecule has 1 N–H and O–H groups in total. The third-order valence-corrected chi connectivity index (χ3v) is 5.93. The molecule has 6 nitrogen and oxygen atoms in total. The number of hydrogen-bond donors (Lipinski definition) is 1. The summed E-state index contributed by atoms with van der Waals surface area (Å²) in [6.45, 7) is 0.209. The van der Waals surface area contributed by atoms with Crippen LogP contribution in [0, 0.1) is 0 Å². The maximum atomic E-state index is 12.0. The van der Waals surface area contributed by atoms with Gasteiger partial charge < -0.3 is 14.2 Å². The normalized spacial score (nSPS) is 10.9. The summed E-state index contributed by atoms with van der Waals surface area (Å²) in [6.07, 6.45) is 1.52. The first-order valence-corrected chi connectivity index (χ1v) is 11.9. The molecule has 0 atom stereocenters. The molecular weight excluding hydrogens is 532 g/mol. The summed E-state index contributed by atoms with van der Waals surface area (Å²) in [5.41, 5.74) is 4.23. The minimum atomic E-state index is -0.391. The fraction of sp³-hybridized carbons (Fsp3) is 0.111. The van der Waals surface area contributed by atoms with Gasteiger partial charge in [-0.2, -0.15) is 5.10 Å². The van der Waals surface area contributed by atoms with Crippen LogP contribution in [0.3, 0.4) is 0 Å². The van der Waals surface area contributed by atoms with Gasteiger partial charge in [-0.1, -0.05) is 54.1 Å². The van der Waals surface area contributed by atoms with E-state index in [0.717, 1.165) is 16.3 Å². The van der Waals surface area contributed by atoms with Gasteiger partial charge in [-0.3, -0.25) is 4.79 Å². The highest BCUT2D eigenvalue weighted by molar-refractivity contribution is 9.10. The minimum Gasteiger partial charge on any atom is -0.493 e. The first kappa shape index (κ1) is 24.6. The number of carbonyl (C=O) groups is 1. The number of benzene rings is 4. The summed E-state index contributed by atoms with van der Waals surface area (Å²) < 4.78 is 17.8. The van der Waals surface area contributed by atoms with Crippen LogP contribution in [0.2, 0.25) is 5.02 Å². The second-order valence-electron chi connectivity index (χ2n) is 7.50. The SMILES string of the molecule is COc1cc(/C=N\NC(=O)COc2ccc(Cl)cc2)cc(Br)c1OCc1cccc2ccccc12. The molecule has 0 saturated carbocycles. The zero-order valence-electron chi connectivity index (χ0n) is 18.8. The third-order valence-electron chi connectivity index (χ3n) is 5.09. The Hall–Kier alpha value is -3.55. The van der Waals surface area contributed by atoms with Gasteiger partial charge in [-0.25, -0.2) is 5.43 Å². The standard InChI is InChI=1S/C27H22BrClN2O4/c1-33-25-14-18(15-30-31-26(32)17-34-22-11-9-21(29)10-12-22)13-24(28)27(25)35-16-20-7-4-6-19-5-2-3-8-23(19)20/h2-15H,16-17H2,1H3,(H,31,32)/b30-15-. The van der Waals surface area contributed by atoms with Crippen molar-refractivity contribution in [2.24, 2.45) is 5.10 Å². The Morgan fingerprint density at radius 1 is 1.03 bits per heavy atom. The van der Waals surface area contributed by atoms with Crippen LogP contribution in [0.1, 0.15) is 11.1 Å². The third kappa shape index (κ3) is 6.53. The monoisotopic (exact) mass is 552 g/mol. The molecule has 0 aliphatic carbocycles. The van der Waals surface area contributed by atoms with E-state index in [1.54, 1.807) is 37.4 Å². The maximum Gasteiger partial charge on any atom is 0.277 e. The molecule has 0 radical (unpaired) electrons. The van der Waals surface area contributed by atoms with Crippen molar-refractivity contribution in [3.05, 3.63) is 99.5 Å². The Bertz CT molecular complexity index is 1350. The summed E-state index contributed by atoms with van der Waals surface area (Å²) in [5, 5.41) is 6.90. The Labute approximate surface area is 216 Å². The van der Waals surface area contributed by atoms with Gasteiger partial charge in [0.25, 0.3) is 5.91 Å². The second kappa shape index (κ2) is 11.7. The lowest BCUT2D eigenvalue weighted by molar-refractivity contribution is -0.123. The molecule has 1 amide bonds. The molecule has 35 heavy (non-hydrogen) atoms. The van der Waals surface area contributed by atoms with Crippen molar-refractivity contribution < 1.29 is 19.0 Å². The van der Waals surface area contributed by atoms with Crippen molar-refractivity contribution in [1.82, 2.24) is 5.43 Å². The molecule has 0 spiro atoms. The van der Waals surface area contributed by atoms with Crippen molar-refractivity contribution in [3.63, 3.8) is 0 Å². The molecule has 0 unspecified atom stereocenters. The van der Waals surface area contributed by atoms with Gasteiger partial charge in [0.15, 0.2) is 18.1 Å². The van der Waals surface area contributed by atoms with Crippen LogP contribution in [0.4, 0.5) is 0 Å². The van der Waals surface area contributed by atoms with E-state index in [0.29, 0.717) is 38.9 Å². The van der Waals surface area contributed by atoms with E-state index in [4.69, 9.17) is 25.8 Å². The molecule has 8 heteroatoms. The van der Waals surface area contributed by atoms with Crippen LogP contribution in [-0.2, 0) is 11.4 Å². The lowest BCUT2D eigenvalue weighted by Crippen LogP contribution is -2.24. The number of hydrazone groups is 1. The predicted octanol–water partition coefficient (Wildman–Crippen LogP) is 6.37. The van der Waals surface area contributed by atoms with Crippen LogP contribution >= 0.6 is 27.5 Å². The first-order valence-electron chi connectivity index (χ1n) is 10.7. The van der Waals surface area contributed by atoms with Gasteiger partial charge >= 0.3 is 0 Å². The number of nitrogens with one attached hydrogen (secondary N) is 1. The number of rotatable bonds is 9. The number of amides is 1. The molecule has 0 heterocycles. The topological polar surface area (TPSA) is 69.2 Å². The van der Waals surface area contributed by atoms with E-state index in [2.05, 4.69) is 44.7 Å². The van der Waals surface area contributed by atoms with Gasteiger partial charge in [-0.15, -0.1) is 0 Å². The van der Waals surface area contributed by atoms with Gasteiger partial charge in [0.2, 0.25) is 0 Å². The van der Waals surface area contributed by atoms with Crippen LogP contribution in [0.25, 0.3) is 10.8 Å². The second-order valence-corrected chi connectivity index (χ2v) is 8.79. The number of fused-ring (bicyclic) bond motifs is 1. The molecule has 0 aliphatic heterocycles. The first-order chi connectivity index (χ1) is 17.0. The Morgan fingerprint density at radius 3 is 2.60 bits per heavy atom. The molecule has 4 aromatic carbocycles. The number of ether oxygens (including phenoxy) is 3. The molecule has 0 aromatic heterocycles. The average molecular weight is 554 g/mol. The van der Waals surface area contributed by atoms with E-state index in [-0.39, 0.29) is 6.61 Å². The van der Waals surface area contributed by atoms with E-state index >= 15 is 0 Å². The predicted molar refractivity (Wildman–Crippen MR) is 142 cm³/mol. The van der Waals surface area contributed by atoms with Gasteiger partial charge in [-0.05, 0) is 74.2 Å². The fourth-order valence-corrected chi connectivity index (χ4v) is 4.11. The van der Waals surface area contributed by atoms with E-state index in [1.807, 2.05) is 30.3 Å². The van der Waals surface area contributed by atoms with Crippen molar-refractivity contribution in [2.45, 2.75) is 6.61 Å². The quantitative estimate of drug-likeness (QED) is 0.193. The molecule has 0 bridgehead atoms. The average Bonchev–Trinajstić information content (AvgIpc) is 2.87. The Balaban J connectivity index is 1.38. The maximum absolute atomic E-state index is 12.0. The molecular formula is C27H22BrClN2O4. The van der Waals surface area contributed by atoms with Crippen molar-refractivity contribution >= 4 is 50.4 Å². The van der Waals surface area contributed by atoms with Crippen molar-refractivity contribution in [3.8, 4) is 17.2 Å². The van der Waals surface area contributed by atoms with Gasteiger partial charge in [0.05, 0.1) is 17.8 Å². The summed E-state index contributed by atoms with van der Waals surface area (Å²) in [7, 11) is 1.57.